The minimum Gasteiger partial charge on any atom is -0.378 e. The number of nitrogens with one attached hydrogen (secondary N) is 1. The molecule has 1 amide bonds. The SMILES string of the molecule is CCN1CCOCC1C(=O)NCc1nnc2ccccn12. The van der Waals surface area contributed by atoms with Crippen LogP contribution in [0.15, 0.2) is 24.4 Å². The van der Waals surface area contributed by atoms with Crippen LogP contribution in [0, 0.1) is 0 Å². The quantitative estimate of drug-likeness (QED) is 0.862. The second kappa shape index (κ2) is 6.19. The monoisotopic (exact) mass is 289 g/mol. The first kappa shape index (κ1) is 14.0. The Balaban J connectivity index is 1.65. The molecule has 3 rings (SSSR count). The fourth-order valence-corrected chi connectivity index (χ4v) is 2.55. The van der Waals surface area contributed by atoms with E-state index in [1.165, 1.54) is 0 Å². The van der Waals surface area contributed by atoms with Crippen molar-refractivity contribution in [2.75, 3.05) is 26.3 Å². The zero-order valence-electron chi connectivity index (χ0n) is 12.0. The highest BCUT2D eigenvalue weighted by Crippen LogP contribution is 2.07. The first-order valence-corrected chi connectivity index (χ1v) is 7.17. The summed E-state index contributed by atoms with van der Waals surface area (Å²) in [6.45, 7) is 5.18. The molecule has 7 nitrogen and oxygen atoms in total. The molecule has 2 aromatic heterocycles. The smallest absolute Gasteiger partial charge is 0.240 e. The van der Waals surface area contributed by atoms with Crippen molar-refractivity contribution in [3.63, 3.8) is 0 Å². The Morgan fingerprint density at radius 1 is 1.48 bits per heavy atom. The number of pyridine rings is 1. The lowest BCUT2D eigenvalue weighted by molar-refractivity contribution is -0.132. The lowest BCUT2D eigenvalue weighted by atomic mass is 10.2. The molecule has 1 N–H and O–H groups in total. The number of ether oxygens (including phenoxy) is 1. The van der Waals surface area contributed by atoms with Crippen LogP contribution >= 0.6 is 0 Å². The Bertz CT molecular complexity index is 627. The maximum atomic E-state index is 12.3. The van der Waals surface area contributed by atoms with Gasteiger partial charge in [0.15, 0.2) is 11.5 Å². The van der Waals surface area contributed by atoms with Crippen LogP contribution in [0.2, 0.25) is 0 Å². The van der Waals surface area contributed by atoms with Crippen LogP contribution in [0.1, 0.15) is 12.7 Å². The normalized spacial score (nSPS) is 19.8. The van der Waals surface area contributed by atoms with Crippen LogP contribution < -0.4 is 5.32 Å². The minimum absolute atomic E-state index is 0.0239. The van der Waals surface area contributed by atoms with Gasteiger partial charge in [0.2, 0.25) is 5.91 Å². The van der Waals surface area contributed by atoms with Crippen LogP contribution in [-0.4, -0.2) is 57.8 Å². The molecule has 0 spiro atoms. The predicted octanol–water partition coefficient (Wildman–Crippen LogP) is 0.0662. The Kier molecular flexibility index (Phi) is 4.12. The Morgan fingerprint density at radius 3 is 3.24 bits per heavy atom. The van der Waals surface area contributed by atoms with Crippen molar-refractivity contribution >= 4 is 11.6 Å². The molecule has 0 bridgehead atoms. The molecule has 2 aromatic rings. The van der Waals surface area contributed by atoms with Gasteiger partial charge in [-0.2, -0.15) is 0 Å². The van der Waals surface area contributed by atoms with Gasteiger partial charge in [-0.3, -0.25) is 14.1 Å². The highest BCUT2D eigenvalue weighted by atomic mass is 16.5. The van der Waals surface area contributed by atoms with E-state index in [4.69, 9.17) is 4.74 Å². The third kappa shape index (κ3) is 2.88. The van der Waals surface area contributed by atoms with Crippen LogP contribution in [0.4, 0.5) is 0 Å². The van der Waals surface area contributed by atoms with E-state index in [0.717, 1.165) is 24.6 Å². The van der Waals surface area contributed by atoms with Gasteiger partial charge < -0.3 is 10.1 Å². The van der Waals surface area contributed by atoms with Gasteiger partial charge in [-0.25, -0.2) is 0 Å². The lowest BCUT2D eigenvalue weighted by Gasteiger charge is -2.33. The summed E-state index contributed by atoms with van der Waals surface area (Å²) in [7, 11) is 0. The van der Waals surface area contributed by atoms with E-state index in [9.17, 15) is 4.79 Å². The van der Waals surface area contributed by atoms with E-state index in [0.29, 0.717) is 19.8 Å². The molecule has 0 saturated carbocycles. The maximum absolute atomic E-state index is 12.3. The molecule has 1 fully saturated rings. The van der Waals surface area contributed by atoms with Crippen molar-refractivity contribution in [2.24, 2.45) is 0 Å². The van der Waals surface area contributed by atoms with Gasteiger partial charge in [0.25, 0.3) is 0 Å². The van der Waals surface area contributed by atoms with Crippen LogP contribution in [0.5, 0.6) is 0 Å². The van der Waals surface area contributed by atoms with Crippen LogP contribution in [-0.2, 0) is 16.1 Å². The van der Waals surface area contributed by atoms with E-state index in [-0.39, 0.29) is 11.9 Å². The van der Waals surface area contributed by atoms with Gasteiger partial charge in [0.1, 0.15) is 6.04 Å². The van der Waals surface area contributed by atoms with Crippen LogP contribution in [0.25, 0.3) is 5.65 Å². The average molecular weight is 289 g/mol. The number of fused-ring (bicyclic) bond motifs is 1. The van der Waals surface area contributed by atoms with E-state index < -0.39 is 0 Å². The molecule has 0 aromatic carbocycles. The predicted molar refractivity (Wildman–Crippen MR) is 76.7 cm³/mol. The molecule has 1 unspecified atom stereocenters. The molecule has 1 aliphatic heterocycles. The maximum Gasteiger partial charge on any atom is 0.240 e. The summed E-state index contributed by atoms with van der Waals surface area (Å²) in [6.07, 6.45) is 1.89. The average Bonchev–Trinajstić information content (AvgIpc) is 2.96. The van der Waals surface area contributed by atoms with Gasteiger partial charge in [-0.15, -0.1) is 10.2 Å². The van der Waals surface area contributed by atoms with Crippen molar-refractivity contribution in [3.8, 4) is 0 Å². The van der Waals surface area contributed by atoms with E-state index in [1.54, 1.807) is 0 Å². The number of likely N-dealkylation sites (N-methyl/N-ethyl adjacent to an activating group) is 1. The summed E-state index contributed by atoms with van der Waals surface area (Å²) in [5.41, 5.74) is 0.776. The highest BCUT2D eigenvalue weighted by molar-refractivity contribution is 5.81. The highest BCUT2D eigenvalue weighted by Gasteiger charge is 2.28. The van der Waals surface area contributed by atoms with Crippen molar-refractivity contribution in [1.29, 1.82) is 0 Å². The number of rotatable bonds is 4. The third-order valence-electron chi connectivity index (χ3n) is 3.75. The summed E-state index contributed by atoms with van der Waals surface area (Å²) in [5, 5.41) is 11.1. The van der Waals surface area contributed by atoms with Gasteiger partial charge in [0.05, 0.1) is 19.8 Å². The summed E-state index contributed by atoms with van der Waals surface area (Å²) in [5.74, 6) is 0.697. The molecule has 3 heterocycles. The molecule has 1 atom stereocenters. The topological polar surface area (TPSA) is 71.8 Å². The molecular formula is C14H19N5O2. The van der Waals surface area contributed by atoms with E-state index in [2.05, 4.69) is 27.3 Å². The molecule has 0 aliphatic carbocycles. The summed E-state index contributed by atoms with van der Waals surface area (Å²) < 4.78 is 7.28. The molecule has 112 valence electrons. The second-order valence-electron chi connectivity index (χ2n) is 4.98. The number of carbonyl (C=O) groups is 1. The van der Waals surface area contributed by atoms with Crippen molar-refractivity contribution in [2.45, 2.75) is 19.5 Å². The van der Waals surface area contributed by atoms with Crippen molar-refractivity contribution in [3.05, 3.63) is 30.2 Å². The first-order valence-electron chi connectivity index (χ1n) is 7.17. The molecule has 21 heavy (non-hydrogen) atoms. The fraction of sp³-hybridized carbons (Fsp3) is 0.500. The third-order valence-corrected chi connectivity index (χ3v) is 3.75. The number of morpholine rings is 1. The van der Waals surface area contributed by atoms with Gasteiger partial charge >= 0.3 is 0 Å². The molecule has 0 radical (unpaired) electrons. The fourth-order valence-electron chi connectivity index (χ4n) is 2.55. The molecule has 7 heteroatoms. The van der Waals surface area contributed by atoms with Crippen molar-refractivity contribution in [1.82, 2.24) is 24.8 Å². The summed E-state index contributed by atoms with van der Waals surface area (Å²) in [6, 6.07) is 5.48. The number of hydrogen-bond acceptors (Lipinski definition) is 5. The molecular weight excluding hydrogens is 270 g/mol. The second-order valence-corrected chi connectivity index (χ2v) is 4.98. The first-order chi connectivity index (χ1) is 10.3. The van der Waals surface area contributed by atoms with E-state index in [1.807, 2.05) is 28.8 Å². The lowest BCUT2D eigenvalue weighted by Crippen LogP contribution is -2.53. The summed E-state index contributed by atoms with van der Waals surface area (Å²) in [4.78, 5) is 14.4. The minimum atomic E-state index is -0.220. The van der Waals surface area contributed by atoms with Gasteiger partial charge in [-0.05, 0) is 18.7 Å². The largest absolute Gasteiger partial charge is 0.378 e. The Morgan fingerprint density at radius 2 is 2.38 bits per heavy atom. The Labute approximate surface area is 122 Å². The van der Waals surface area contributed by atoms with Gasteiger partial charge in [-0.1, -0.05) is 13.0 Å². The van der Waals surface area contributed by atoms with Crippen LogP contribution in [0.3, 0.4) is 0 Å². The zero-order chi connectivity index (χ0) is 14.7. The van der Waals surface area contributed by atoms with Gasteiger partial charge in [0, 0.05) is 12.7 Å². The Hall–Kier alpha value is -1.99. The molecule has 1 aliphatic rings. The number of aromatic nitrogens is 3. The molecule has 1 saturated heterocycles. The zero-order valence-corrected chi connectivity index (χ0v) is 12.0. The number of carbonyl (C=O) groups excluding carboxylic acids is 1. The number of hydrogen-bond donors (Lipinski definition) is 1. The summed E-state index contributed by atoms with van der Waals surface area (Å²) >= 11 is 0. The van der Waals surface area contributed by atoms with E-state index >= 15 is 0 Å². The number of amides is 1. The standard InChI is InChI=1S/C14H19N5O2/c1-2-18-7-8-21-10-11(18)14(20)15-9-13-17-16-12-5-3-4-6-19(12)13/h3-6,11H,2,7-10H2,1H3,(H,15,20). The number of nitrogens with zero attached hydrogens (tertiary/aromatic N) is 4. The van der Waals surface area contributed by atoms with Crippen molar-refractivity contribution < 1.29 is 9.53 Å².